The molecule has 2 N–H and O–H groups in total. The summed E-state index contributed by atoms with van der Waals surface area (Å²) < 4.78 is 0. The summed E-state index contributed by atoms with van der Waals surface area (Å²) in [5.74, 6) is 0.659. The van der Waals surface area contributed by atoms with E-state index in [-0.39, 0.29) is 18.4 Å². The fraction of sp³-hybridized carbons (Fsp3) is 0.867. The number of nitrogens with zero attached hydrogens (tertiary/aromatic N) is 2. The second kappa shape index (κ2) is 8.95. The average molecular weight is 283 g/mol. The third-order valence-corrected chi connectivity index (χ3v) is 4.18. The number of carbonyl (C=O) groups excluding carboxylic acids is 2. The van der Waals surface area contributed by atoms with Gasteiger partial charge in [-0.25, -0.2) is 0 Å². The second-order valence-corrected chi connectivity index (χ2v) is 5.73. The molecule has 0 aromatic heterocycles. The zero-order valence-corrected chi connectivity index (χ0v) is 12.9. The molecule has 1 aliphatic heterocycles. The zero-order valence-electron chi connectivity index (χ0n) is 12.9. The number of carbonyl (C=O) groups is 2. The molecule has 1 fully saturated rings. The van der Waals surface area contributed by atoms with Crippen molar-refractivity contribution in [2.24, 2.45) is 11.7 Å². The Labute approximate surface area is 122 Å². The summed E-state index contributed by atoms with van der Waals surface area (Å²) in [6.07, 6.45) is 5.58. The van der Waals surface area contributed by atoms with Gasteiger partial charge in [0.2, 0.25) is 11.8 Å². The van der Waals surface area contributed by atoms with Gasteiger partial charge in [-0.3, -0.25) is 9.59 Å². The maximum absolute atomic E-state index is 12.0. The Kier molecular flexibility index (Phi) is 7.59. The van der Waals surface area contributed by atoms with E-state index in [0.717, 1.165) is 45.2 Å². The highest BCUT2D eigenvalue weighted by molar-refractivity contribution is 5.84. The van der Waals surface area contributed by atoms with E-state index in [1.165, 1.54) is 0 Å². The smallest absolute Gasteiger partial charge is 0.242 e. The Morgan fingerprint density at radius 3 is 2.45 bits per heavy atom. The molecule has 1 rings (SSSR count). The molecule has 116 valence electrons. The summed E-state index contributed by atoms with van der Waals surface area (Å²) in [6, 6.07) is 0. The molecule has 0 spiro atoms. The van der Waals surface area contributed by atoms with Crippen LogP contribution in [-0.4, -0.2) is 54.8 Å². The average Bonchev–Trinajstić information content (AvgIpc) is 2.97. The van der Waals surface area contributed by atoms with Gasteiger partial charge in [0, 0.05) is 26.6 Å². The van der Waals surface area contributed by atoms with E-state index in [1.807, 2.05) is 4.90 Å². The van der Waals surface area contributed by atoms with Gasteiger partial charge in [-0.15, -0.1) is 0 Å². The second-order valence-electron chi connectivity index (χ2n) is 5.73. The van der Waals surface area contributed by atoms with Crippen molar-refractivity contribution in [2.45, 2.75) is 45.4 Å². The molecule has 20 heavy (non-hydrogen) atoms. The van der Waals surface area contributed by atoms with Gasteiger partial charge in [0.15, 0.2) is 0 Å². The quantitative estimate of drug-likeness (QED) is 0.728. The predicted octanol–water partition coefficient (Wildman–Crippen LogP) is 1.22. The Morgan fingerprint density at radius 1 is 1.25 bits per heavy atom. The van der Waals surface area contributed by atoms with Crippen molar-refractivity contribution in [3.8, 4) is 0 Å². The molecule has 0 bridgehead atoms. The van der Waals surface area contributed by atoms with Crippen LogP contribution in [0.4, 0.5) is 0 Å². The maximum atomic E-state index is 12.0. The number of hydrogen-bond acceptors (Lipinski definition) is 3. The number of likely N-dealkylation sites (tertiary alicyclic amines) is 1. The molecule has 2 amide bonds. The minimum absolute atomic E-state index is 0.0630. The van der Waals surface area contributed by atoms with Crippen LogP contribution in [-0.2, 0) is 9.59 Å². The SMILES string of the molecule is CCC(CCN)CCC(=O)N(C)CC(=O)N1CCCC1. The molecule has 0 aromatic rings. The van der Waals surface area contributed by atoms with E-state index in [1.54, 1.807) is 11.9 Å². The highest BCUT2D eigenvalue weighted by Gasteiger charge is 2.21. The van der Waals surface area contributed by atoms with Gasteiger partial charge >= 0.3 is 0 Å². The number of likely N-dealkylation sites (N-methyl/N-ethyl adjacent to an activating group) is 1. The molecular weight excluding hydrogens is 254 g/mol. The number of hydrogen-bond donors (Lipinski definition) is 1. The fourth-order valence-corrected chi connectivity index (χ4v) is 2.66. The highest BCUT2D eigenvalue weighted by atomic mass is 16.2. The fourth-order valence-electron chi connectivity index (χ4n) is 2.66. The van der Waals surface area contributed by atoms with Gasteiger partial charge in [0.1, 0.15) is 0 Å². The molecule has 1 atom stereocenters. The lowest BCUT2D eigenvalue weighted by molar-refractivity contribution is -0.138. The first-order chi connectivity index (χ1) is 9.58. The van der Waals surface area contributed by atoms with Crippen LogP contribution < -0.4 is 5.73 Å². The lowest BCUT2D eigenvalue weighted by Crippen LogP contribution is -2.39. The van der Waals surface area contributed by atoms with E-state index in [2.05, 4.69) is 6.92 Å². The first-order valence-corrected chi connectivity index (χ1v) is 7.80. The van der Waals surface area contributed by atoms with Crippen LogP contribution in [0.25, 0.3) is 0 Å². The van der Waals surface area contributed by atoms with Crippen LogP contribution in [0.5, 0.6) is 0 Å². The van der Waals surface area contributed by atoms with Crippen LogP contribution in [0, 0.1) is 5.92 Å². The molecule has 0 aromatic carbocycles. The third-order valence-electron chi connectivity index (χ3n) is 4.18. The Balaban J connectivity index is 2.29. The zero-order chi connectivity index (χ0) is 15.0. The van der Waals surface area contributed by atoms with Crippen LogP contribution in [0.3, 0.4) is 0 Å². The third kappa shape index (κ3) is 5.49. The summed E-state index contributed by atoms with van der Waals surface area (Å²) >= 11 is 0. The van der Waals surface area contributed by atoms with E-state index < -0.39 is 0 Å². The normalized spacial score (nSPS) is 16.2. The van der Waals surface area contributed by atoms with E-state index in [9.17, 15) is 9.59 Å². The van der Waals surface area contributed by atoms with Crippen molar-refractivity contribution in [2.75, 3.05) is 33.2 Å². The molecule has 5 heteroatoms. The van der Waals surface area contributed by atoms with Gasteiger partial charge in [-0.05, 0) is 38.1 Å². The highest BCUT2D eigenvalue weighted by Crippen LogP contribution is 2.15. The monoisotopic (exact) mass is 283 g/mol. The lowest BCUT2D eigenvalue weighted by atomic mass is 9.96. The molecule has 0 aliphatic carbocycles. The first kappa shape index (κ1) is 17.0. The van der Waals surface area contributed by atoms with E-state index in [0.29, 0.717) is 18.9 Å². The van der Waals surface area contributed by atoms with E-state index in [4.69, 9.17) is 5.73 Å². The topological polar surface area (TPSA) is 66.6 Å². The van der Waals surface area contributed by atoms with Gasteiger partial charge in [0.25, 0.3) is 0 Å². The van der Waals surface area contributed by atoms with Crippen LogP contribution in [0.15, 0.2) is 0 Å². The molecule has 0 radical (unpaired) electrons. The Bertz CT molecular complexity index is 314. The van der Waals surface area contributed by atoms with Crippen LogP contribution >= 0.6 is 0 Å². The summed E-state index contributed by atoms with van der Waals surface area (Å²) in [5.41, 5.74) is 5.56. The summed E-state index contributed by atoms with van der Waals surface area (Å²) in [7, 11) is 1.72. The minimum atomic E-state index is 0.0630. The summed E-state index contributed by atoms with van der Waals surface area (Å²) in [4.78, 5) is 27.4. The molecule has 1 heterocycles. The molecule has 1 unspecified atom stereocenters. The van der Waals surface area contributed by atoms with Crippen LogP contribution in [0.1, 0.15) is 45.4 Å². The van der Waals surface area contributed by atoms with E-state index >= 15 is 0 Å². The van der Waals surface area contributed by atoms with Crippen molar-refractivity contribution in [1.82, 2.24) is 9.80 Å². The first-order valence-electron chi connectivity index (χ1n) is 7.80. The number of nitrogens with two attached hydrogens (primary N) is 1. The maximum Gasteiger partial charge on any atom is 0.242 e. The Hall–Kier alpha value is -1.10. The van der Waals surface area contributed by atoms with Crippen molar-refractivity contribution in [3.63, 3.8) is 0 Å². The lowest BCUT2D eigenvalue weighted by Gasteiger charge is -2.22. The van der Waals surface area contributed by atoms with Crippen molar-refractivity contribution >= 4 is 11.8 Å². The van der Waals surface area contributed by atoms with Gasteiger partial charge in [-0.1, -0.05) is 13.3 Å². The van der Waals surface area contributed by atoms with Crippen LogP contribution in [0.2, 0.25) is 0 Å². The van der Waals surface area contributed by atoms with Crippen molar-refractivity contribution in [3.05, 3.63) is 0 Å². The molecule has 1 saturated heterocycles. The largest absolute Gasteiger partial charge is 0.341 e. The molecule has 0 saturated carbocycles. The van der Waals surface area contributed by atoms with Gasteiger partial charge in [-0.2, -0.15) is 0 Å². The minimum Gasteiger partial charge on any atom is -0.341 e. The number of amides is 2. The summed E-state index contributed by atoms with van der Waals surface area (Å²) in [5, 5.41) is 0. The van der Waals surface area contributed by atoms with Crippen molar-refractivity contribution < 1.29 is 9.59 Å². The molecular formula is C15H29N3O2. The molecule has 5 nitrogen and oxygen atoms in total. The number of rotatable bonds is 8. The van der Waals surface area contributed by atoms with Gasteiger partial charge < -0.3 is 15.5 Å². The summed E-state index contributed by atoms with van der Waals surface area (Å²) in [6.45, 7) is 4.71. The predicted molar refractivity (Wildman–Crippen MR) is 80.1 cm³/mol. The molecule has 1 aliphatic rings. The van der Waals surface area contributed by atoms with Gasteiger partial charge in [0.05, 0.1) is 6.54 Å². The Morgan fingerprint density at radius 2 is 1.90 bits per heavy atom. The standard InChI is InChI=1S/C15H29N3O2/c1-3-13(8-9-16)6-7-14(19)17(2)12-15(20)18-10-4-5-11-18/h13H,3-12,16H2,1-2H3. The van der Waals surface area contributed by atoms with Crippen molar-refractivity contribution in [1.29, 1.82) is 0 Å².